The third-order valence-electron chi connectivity index (χ3n) is 3.53. The fraction of sp³-hybridized carbons (Fsp3) is 0.615. The van der Waals surface area contributed by atoms with Crippen LogP contribution in [-0.2, 0) is 14.8 Å². The van der Waals surface area contributed by atoms with Crippen LogP contribution in [-0.4, -0.2) is 79.9 Å². The number of nitrogens with zero attached hydrogens (tertiary/aromatic N) is 4. The number of ether oxygens (including phenoxy) is 2. The van der Waals surface area contributed by atoms with Crippen molar-refractivity contribution < 1.29 is 22.7 Å². The Labute approximate surface area is 135 Å². The van der Waals surface area contributed by atoms with Crippen LogP contribution < -0.4 is 9.47 Å². The minimum Gasteiger partial charge on any atom is -0.480 e. The molecular weight excluding hydrogens is 324 g/mol. The van der Waals surface area contributed by atoms with Gasteiger partial charge >= 0.3 is 0 Å². The van der Waals surface area contributed by atoms with E-state index in [1.54, 1.807) is 17.0 Å². The number of sulfonamides is 1. The van der Waals surface area contributed by atoms with Crippen LogP contribution in [0.2, 0.25) is 0 Å². The third kappa shape index (κ3) is 4.76. The van der Waals surface area contributed by atoms with Gasteiger partial charge in [0.1, 0.15) is 6.10 Å². The van der Waals surface area contributed by atoms with Crippen molar-refractivity contribution in [3.05, 3.63) is 12.1 Å². The molecule has 2 heterocycles. The Bertz CT molecular complexity index is 649. The van der Waals surface area contributed by atoms with E-state index < -0.39 is 10.0 Å². The Hall–Kier alpha value is -1.94. The Morgan fingerprint density at radius 1 is 1.39 bits per heavy atom. The average Bonchev–Trinajstić information content (AvgIpc) is 2.95. The molecule has 1 saturated heterocycles. The number of likely N-dealkylation sites (tertiary alicyclic amines) is 1. The van der Waals surface area contributed by atoms with Gasteiger partial charge in [0.15, 0.2) is 0 Å². The van der Waals surface area contributed by atoms with Gasteiger partial charge in [0.05, 0.1) is 26.5 Å². The van der Waals surface area contributed by atoms with E-state index in [2.05, 4.69) is 10.2 Å². The molecule has 1 fully saturated rings. The highest BCUT2D eigenvalue weighted by molar-refractivity contribution is 7.88. The lowest BCUT2D eigenvalue weighted by molar-refractivity contribution is -0.130. The number of rotatable bonds is 6. The van der Waals surface area contributed by atoms with Crippen molar-refractivity contribution in [3.63, 3.8) is 0 Å². The van der Waals surface area contributed by atoms with Crippen LogP contribution >= 0.6 is 0 Å². The third-order valence-corrected chi connectivity index (χ3v) is 4.80. The van der Waals surface area contributed by atoms with Crippen molar-refractivity contribution in [2.45, 2.75) is 12.5 Å². The molecule has 10 heteroatoms. The van der Waals surface area contributed by atoms with Crippen LogP contribution in [0.1, 0.15) is 6.42 Å². The van der Waals surface area contributed by atoms with E-state index in [9.17, 15) is 13.2 Å². The summed E-state index contributed by atoms with van der Waals surface area (Å²) in [6.45, 7) is 0.739. The topological polar surface area (TPSA) is 102 Å². The molecule has 0 radical (unpaired) electrons. The number of likely N-dealkylation sites (N-methyl/N-ethyl adjacent to an activating group) is 1. The van der Waals surface area contributed by atoms with Gasteiger partial charge in [-0.3, -0.25) is 4.79 Å². The maximum absolute atomic E-state index is 12.1. The molecule has 1 amide bonds. The highest BCUT2D eigenvalue weighted by Gasteiger charge is 2.29. The molecule has 23 heavy (non-hydrogen) atoms. The summed E-state index contributed by atoms with van der Waals surface area (Å²) in [4.78, 5) is 13.7. The standard InChI is InChI=1S/C13H20N4O5S/c1-16(23(3,19)20)9-13(18)17-7-6-10(8-17)22-12-5-4-11(21-2)14-15-12/h4-5,10H,6-9H2,1-3H3/t10-/m1/s1. The summed E-state index contributed by atoms with van der Waals surface area (Å²) in [5, 5.41) is 7.68. The van der Waals surface area contributed by atoms with Gasteiger partial charge < -0.3 is 14.4 Å². The second-order valence-electron chi connectivity index (χ2n) is 5.30. The normalized spacial score (nSPS) is 18.3. The van der Waals surface area contributed by atoms with Crippen LogP contribution in [0.5, 0.6) is 11.8 Å². The van der Waals surface area contributed by atoms with Crippen molar-refractivity contribution >= 4 is 15.9 Å². The van der Waals surface area contributed by atoms with Gasteiger partial charge in [0, 0.05) is 32.1 Å². The van der Waals surface area contributed by atoms with Crippen molar-refractivity contribution in [1.82, 2.24) is 19.4 Å². The molecular formula is C13H20N4O5S. The molecule has 0 aliphatic carbocycles. The van der Waals surface area contributed by atoms with E-state index >= 15 is 0 Å². The highest BCUT2D eigenvalue weighted by Crippen LogP contribution is 2.17. The first-order chi connectivity index (χ1) is 10.8. The Kier molecular flexibility index (Phi) is 5.37. The minimum atomic E-state index is -3.37. The fourth-order valence-corrected chi connectivity index (χ4v) is 2.45. The fourth-order valence-electron chi connectivity index (χ4n) is 2.11. The molecule has 9 nitrogen and oxygen atoms in total. The molecule has 1 aliphatic heterocycles. The van der Waals surface area contributed by atoms with E-state index in [0.29, 0.717) is 31.3 Å². The molecule has 1 aliphatic rings. The summed E-state index contributed by atoms with van der Waals surface area (Å²) in [5.41, 5.74) is 0. The van der Waals surface area contributed by atoms with E-state index in [0.717, 1.165) is 10.6 Å². The molecule has 0 unspecified atom stereocenters. The lowest BCUT2D eigenvalue weighted by Crippen LogP contribution is -2.40. The molecule has 0 spiro atoms. The van der Waals surface area contributed by atoms with E-state index in [-0.39, 0.29) is 18.6 Å². The zero-order valence-corrected chi connectivity index (χ0v) is 14.1. The number of hydrogen-bond donors (Lipinski definition) is 0. The quantitative estimate of drug-likeness (QED) is 0.676. The first-order valence-corrected chi connectivity index (χ1v) is 8.88. The van der Waals surface area contributed by atoms with Crippen molar-refractivity contribution in [2.75, 3.05) is 40.0 Å². The van der Waals surface area contributed by atoms with E-state index in [4.69, 9.17) is 9.47 Å². The van der Waals surface area contributed by atoms with Crippen LogP contribution in [0.3, 0.4) is 0 Å². The molecule has 128 valence electrons. The monoisotopic (exact) mass is 344 g/mol. The molecule has 0 aromatic carbocycles. The number of carbonyl (C=O) groups is 1. The van der Waals surface area contributed by atoms with Gasteiger partial charge in [0.25, 0.3) is 0 Å². The van der Waals surface area contributed by atoms with Gasteiger partial charge in [-0.15, -0.1) is 10.2 Å². The van der Waals surface area contributed by atoms with E-state index in [1.165, 1.54) is 14.2 Å². The molecule has 0 N–H and O–H groups in total. The molecule has 1 aromatic rings. The second-order valence-corrected chi connectivity index (χ2v) is 7.39. The van der Waals surface area contributed by atoms with Crippen LogP contribution in [0.25, 0.3) is 0 Å². The van der Waals surface area contributed by atoms with Crippen molar-refractivity contribution in [2.24, 2.45) is 0 Å². The lowest BCUT2D eigenvalue weighted by Gasteiger charge is -2.20. The van der Waals surface area contributed by atoms with Crippen LogP contribution in [0.4, 0.5) is 0 Å². The number of aromatic nitrogens is 2. The summed E-state index contributed by atoms with van der Waals surface area (Å²) in [5.74, 6) is 0.507. The zero-order valence-electron chi connectivity index (χ0n) is 13.3. The predicted octanol–water partition coefficient (Wildman–Crippen LogP) is -0.644. The maximum atomic E-state index is 12.1. The summed E-state index contributed by atoms with van der Waals surface area (Å²) in [7, 11) is -0.494. The molecule has 1 aromatic heterocycles. The Balaban J connectivity index is 1.86. The molecule has 1 atom stereocenters. The molecule has 0 saturated carbocycles. The SMILES string of the molecule is COc1ccc(O[C@@H]2CCN(C(=O)CN(C)S(C)(=O)=O)C2)nn1. The smallest absolute Gasteiger partial charge is 0.238 e. The van der Waals surface area contributed by atoms with Gasteiger partial charge in [-0.25, -0.2) is 8.42 Å². The summed E-state index contributed by atoms with van der Waals surface area (Å²) in [6, 6.07) is 3.29. The van der Waals surface area contributed by atoms with Crippen molar-refractivity contribution in [3.8, 4) is 11.8 Å². The van der Waals surface area contributed by atoms with Gasteiger partial charge in [-0.1, -0.05) is 0 Å². The second kappa shape index (κ2) is 7.09. The number of methoxy groups -OCH3 is 1. The maximum Gasteiger partial charge on any atom is 0.238 e. The highest BCUT2D eigenvalue weighted by atomic mass is 32.2. The largest absolute Gasteiger partial charge is 0.480 e. The Morgan fingerprint density at radius 2 is 2.04 bits per heavy atom. The predicted molar refractivity (Wildman–Crippen MR) is 81.7 cm³/mol. The number of carbonyl (C=O) groups excluding carboxylic acids is 1. The van der Waals surface area contributed by atoms with Crippen LogP contribution in [0, 0.1) is 0 Å². The number of amides is 1. The summed E-state index contributed by atoms with van der Waals surface area (Å²) < 4.78 is 34.3. The van der Waals surface area contributed by atoms with Crippen molar-refractivity contribution in [1.29, 1.82) is 0 Å². The molecule has 0 bridgehead atoms. The zero-order chi connectivity index (χ0) is 17.0. The number of hydrogen-bond acceptors (Lipinski definition) is 7. The van der Waals surface area contributed by atoms with Gasteiger partial charge in [0.2, 0.25) is 27.7 Å². The minimum absolute atomic E-state index is 0.173. The first kappa shape index (κ1) is 17.4. The average molecular weight is 344 g/mol. The van der Waals surface area contributed by atoms with Gasteiger partial charge in [-0.2, -0.15) is 4.31 Å². The van der Waals surface area contributed by atoms with E-state index in [1.807, 2.05) is 0 Å². The molecule has 2 rings (SSSR count). The van der Waals surface area contributed by atoms with Crippen LogP contribution in [0.15, 0.2) is 12.1 Å². The first-order valence-electron chi connectivity index (χ1n) is 7.03. The summed E-state index contributed by atoms with van der Waals surface area (Å²) in [6.07, 6.45) is 1.53. The lowest BCUT2D eigenvalue weighted by atomic mass is 10.3. The summed E-state index contributed by atoms with van der Waals surface area (Å²) >= 11 is 0. The van der Waals surface area contributed by atoms with Gasteiger partial charge in [-0.05, 0) is 0 Å². The Morgan fingerprint density at radius 3 is 2.61 bits per heavy atom.